The van der Waals surface area contributed by atoms with Crippen molar-refractivity contribution in [3.63, 3.8) is 0 Å². The van der Waals surface area contributed by atoms with E-state index in [0.717, 1.165) is 50.1 Å². The van der Waals surface area contributed by atoms with Crippen molar-refractivity contribution < 1.29 is 9.53 Å². The maximum absolute atomic E-state index is 11.9. The van der Waals surface area contributed by atoms with Crippen LogP contribution in [-0.2, 0) is 22.5 Å². The number of hydrogen-bond donors (Lipinski definition) is 2. The molecule has 0 radical (unpaired) electrons. The predicted molar refractivity (Wildman–Crippen MR) is 109 cm³/mol. The number of methoxy groups -OCH3 is 1. The first-order chi connectivity index (χ1) is 13.2. The molecule has 0 atom stereocenters. The predicted octanol–water partition coefficient (Wildman–Crippen LogP) is 0.551. The maximum Gasteiger partial charge on any atom is 0.234 e. The smallest absolute Gasteiger partial charge is 0.234 e. The molecule has 0 bridgehead atoms. The second-order valence-electron chi connectivity index (χ2n) is 6.35. The first-order valence-electron chi connectivity index (χ1n) is 9.61. The van der Waals surface area contributed by atoms with Crippen LogP contribution in [0.2, 0.25) is 0 Å². The fourth-order valence-corrected chi connectivity index (χ4v) is 3.61. The summed E-state index contributed by atoms with van der Waals surface area (Å²) in [6.45, 7) is 10.6. The van der Waals surface area contributed by atoms with Crippen LogP contribution in [0.3, 0.4) is 0 Å². The van der Waals surface area contributed by atoms with E-state index < -0.39 is 0 Å². The van der Waals surface area contributed by atoms with Gasteiger partial charge in [-0.1, -0.05) is 6.92 Å². The van der Waals surface area contributed by atoms with Crippen molar-refractivity contribution in [3.05, 3.63) is 16.1 Å². The summed E-state index contributed by atoms with van der Waals surface area (Å²) in [6.07, 6.45) is 2.96. The molecule has 1 aromatic heterocycles. The Kier molecular flexibility index (Phi) is 9.51. The van der Waals surface area contributed by atoms with Gasteiger partial charge in [-0.15, -0.1) is 11.3 Å². The zero-order valence-corrected chi connectivity index (χ0v) is 17.5. The van der Waals surface area contributed by atoms with Crippen molar-refractivity contribution in [2.45, 2.75) is 26.8 Å². The molecule has 1 aliphatic rings. The summed E-state index contributed by atoms with van der Waals surface area (Å²) in [5, 5.41) is 7.29. The van der Waals surface area contributed by atoms with E-state index >= 15 is 0 Å². The van der Waals surface area contributed by atoms with Crippen molar-refractivity contribution in [2.75, 3.05) is 59.5 Å². The molecular formula is C18H32N6O2S. The Morgan fingerprint density at radius 1 is 1.30 bits per heavy atom. The number of hydrogen-bond acceptors (Lipinski definition) is 6. The van der Waals surface area contributed by atoms with Gasteiger partial charge in [-0.25, -0.2) is 9.98 Å². The van der Waals surface area contributed by atoms with Crippen molar-refractivity contribution in [1.29, 1.82) is 0 Å². The molecule has 152 valence electrons. The summed E-state index contributed by atoms with van der Waals surface area (Å²) >= 11 is 1.73. The van der Waals surface area contributed by atoms with Gasteiger partial charge in [0, 0.05) is 57.5 Å². The highest BCUT2D eigenvalue weighted by molar-refractivity contribution is 7.11. The number of nitrogens with one attached hydrogen (secondary N) is 2. The van der Waals surface area contributed by atoms with E-state index in [1.165, 1.54) is 4.88 Å². The lowest BCUT2D eigenvalue weighted by Gasteiger charge is -2.36. The fourth-order valence-electron chi connectivity index (χ4n) is 2.82. The normalized spacial score (nSPS) is 15.8. The quantitative estimate of drug-likeness (QED) is 0.360. The topological polar surface area (TPSA) is 82.1 Å². The highest BCUT2D eigenvalue weighted by atomic mass is 32.1. The minimum atomic E-state index is 0.0524. The van der Waals surface area contributed by atoms with Gasteiger partial charge in [0.1, 0.15) is 5.01 Å². The fraction of sp³-hybridized carbons (Fsp3) is 0.722. The number of ether oxygens (including phenoxy) is 1. The van der Waals surface area contributed by atoms with E-state index in [-0.39, 0.29) is 5.91 Å². The molecule has 8 nitrogen and oxygen atoms in total. The van der Waals surface area contributed by atoms with Crippen LogP contribution in [-0.4, -0.2) is 86.2 Å². The summed E-state index contributed by atoms with van der Waals surface area (Å²) in [4.78, 5) is 26.9. The number of guanidine groups is 1. The molecule has 1 fully saturated rings. The molecule has 1 aromatic rings. The van der Waals surface area contributed by atoms with E-state index in [2.05, 4.69) is 39.3 Å². The van der Waals surface area contributed by atoms with Gasteiger partial charge in [0.15, 0.2) is 5.96 Å². The molecule has 1 saturated heterocycles. The number of carbonyl (C=O) groups is 1. The molecular weight excluding hydrogens is 364 g/mol. The van der Waals surface area contributed by atoms with Gasteiger partial charge < -0.3 is 20.3 Å². The Labute approximate surface area is 166 Å². The Morgan fingerprint density at radius 2 is 2.07 bits per heavy atom. The summed E-state index contributed by atoms with van der Waals surface area (Å²) in [5.41, 5.74) is 0. The number of aryl methyl sites for hydroxylation is 1. The summed E-state index contributed by atoms with van der Waals surface area (Å²) < 4.78 is 4.95. The van der Waals surface area contributed by atoms with Crippen molar-refractivity contribution >= 4 is 23.2 Å². The first kappa shape index (κ1) is 21.6. The molecule has 0 aliphatic carbocycles. The standard InChI is InChI=1S/C18H32N6O2S/c1-4-15-12-21-17(27-15)13-22-18(19-5-2)24-9-7-23(8-10-24)14-16(25)20-6-11-26-3/h12H,4-11,13-14H2,1-3H3,(H,19,22)(H,20,25). The maximum atomic E-state index is 11.9. The SMILES string of the molecule is CCNC(=NCc1ncc(CC)s1)N1CCN(CC(=O)NCCOC)CC1. The van der Waals surface area contributed by atoms with E-state index in [1.54, 1.807) is 18.4 Å². The second kappa shape index (κ2) is 11.9. The van der Waals surface area contributed by atoms with Crippen LogP contribution >= 0.6 is 11.3 Å². The monoisotopic (exact) mass is 396 g/mol. The molecule has 1 aliphatic heterocycles. The van der Waals surface area contributed by atoms with Crippen LogP contribution in [0, 0.1) is 0 Å². The number of thiazole rings is 1. The first-order valence-corrected chi connectivity index (χ1v) is 10.4. The second-order valence-corrected chi connectivity index (χ2v) is 7.55. The molecule has 1 amide bonds. The number of amides is 1. The van der Waals surface area contributed by atoms with Gasteiger partial charge in [0.05, 0.1) is 19.7 Å². The molecule has 27 heavy (non-hydrogen) atoms. The van der Waals surface area contributed by atoms with Gasteiger partial charge in [-0.05, 0) is 13.3 Å². The summed E-state index contributed by atoms with van der Waals surface area (Å²) in [5.74, 6) is 0.978. The molecule has 2 heterocycles. The Balaban J connectivity index is 1.81. The van der Waals surface area contributed by atoms with Crippen LogP contribution in [0.25, 0.3) is 0 Å². The molecule has 2 rings (SSSR count). The molecule has 0 saturated carbocycles. The lowest BCUT2D eigenvalue weighted by Crippen LogP contribution is -2.54. The van der Waals surface area contributed by atoms with Gasteiger partial charge >= 0.3 is 0 Å². The number of carbonyl (C=O) groups excluding carboxylic acids is 1. The zero-order chi connectivity index (χ0) is 19.5. The van der Waals surface area contributed by atoms with Crippen LogP contribution in [0.5, 0.6) is 0 Å². The van der Waals surface area contributed by atoms with Crippen LogP contribution in [0.15, 0.2) is 11.2 Å². The third kappa shape index (κ3) is 7.43. The van der Waals surface area contributed by atoms with E-state index in [4.69, 9.17) is 9.73 Å². The number of aliphatic imine (C=N–C) groups is 1. The summed E-state index contributed by atoms with van der Waals surface area (Å²) in [6, 6.07) is 0. The molecule has 2 N–H and O–H groups in total. The minimum Gasteiger partial charge on any atom is -0.383 e. The van der Waals surface area contributed by atoms with Crippen molar-refractivity contribution in [3.8, 4) is 0 Å². The Hall–Kier alpha value is -1.71. The third-order valence-electron chi connectivity index (χ3n) is 4.32. The van der Waals surface area contributed by atoms with Crippen molar-refractivity contribution in [2.24, 2.45) is 4.99 Å². The number of nitrogens with zero attached hydrogens (tertiary/aromatic N) is 4. The third-order valence-corrected chi connectivity index (χ3v) is 5.44. The summed E-state index contributed by atoms with van der Waals surface area (Å²) in [7, 11) is 1.63. The minimum absolute atomic E-state index is 0.0524. The van der Waals surface area contributed by atoms with E-state index in [0.29, 0.717) is 26.2 Å². The largest absolute Gasteiger partial charge is 0.383 e. The molecule has 0 aromatic carbocycles. The number of aromatic nitrogens is 1. The lowest BCUT2D eigenvalue weighted by atomic mass is 10.3. The van der Waals surface area contributed by atoms with Crippen LogP contribution < -0.4 is 10.6 Å². The average Bonchev–Trinajstić information content (AvgIpc) is 3.14. The number of rotatable bonds is 9. The zero-order valence-electron chi connectivity index (χ0n) is 16.7. The van der Waals surface area contributed by atoms with E-state index in [1.807, 2.05) is 6.20 Å². The van der Waals surface area contributed by atoms with Crippen LogP contribution in [0.4, 0.5) is 0 Å². The van der Waals surface area contributed by atoms with E-state index in [9.17, 15) is 4.79 Å². The Morgan fingerprint density at radius 3 is 2.70 bits per heavy atom. The van der Waals surface area contributed by atoms with Gasteiger partial charge in [-0.2, -0.15) is 0 Å². The van der Waals surface area contributed by atoms with Gasteiger partial charge in [-0.3, -0.25) is 9.69 Å². The highest BCUT2D eigenvalue weighted by Gasteiger charge is 2.21. The van der Waals surface area contributed by atoms with Gasteiger partial charge in [0.25, 0.3) is 0 Å². The molecule has 9 heteroatoms. The lowest BCUT2D eigenvalue weighted by molar-refractivity contribution is -0.122. The van der Waals surface area contributed by atoms with Crippen molar-refractivity contribution in [1.82, 2.24) is 25.4 Å². The van der Waals surface area contributed by atoms with Crippen LogP contribution in [0.1, 0.15) is 23.7 Å². The Bertz CT molecular complexity index is 598. The van der Waals surface area contributed by atoms with Gasteiger partial charge in [0.2, 0.25) is 5.91 Å². The highest BCUT2D eigenvalue weighted by Crippen LogP contribution is 2.14. The number of piperazine rings is 1. The molecule has 0 unspecified atom stereocenters. The molecule has 0 spiro atoms. The average molecular weight is 397 g/mol.